The van der Waals surface area contributed by atoms with E-state index in [1.54, 1.807) is 24.3 Å². The number of sulfone groups is 1. The van der Waals surface area contributed by atoms with Crippen molar-refractivity contribution in [2.45, 2.75) is 4.90 Å². The largest absolute Gasteiger partial charge is 0.322 e. The zero-order chi connectivity index (χ0) is 15.6. The van der Waals surface area contributed by atoms with Crippen molar-refractivity contribution >= 4 is 49.0 Å². The minimum Gasteiger partial charge on any atom is -0.322 e. The van der Waals surface area contributed by atoms with Crippen LogP contribution in [0.2, 0.25) is 5.02 Å². The molecule has 0 unspecified atom stereocenters. The molecule has 0 bridgehead atoms. The standard InChI is InChI=1S/C14H11BrClNO3S/c1-21(19,20)13-8-9(2-7-12(13)16)14(18)17-11-5-3-10(15)4-6-11/h2-8H,1H3,(H,17,18). The minimum absolute atomic E-state index is 0.0624. The number of hydrogen-bond acceptors (Lipinski definition) is 3. The Morgan fingerprint density at radius 2 is 1.76 bits per heavy atom. The molecule has 0 aromatic heterocycles. The lowest BCUT2D eigenvalue weighted by atomic mass is 10.2. The van der Waals surface area contributed by atoms with E-state index in [4.69, 9.17) is 11.6 Å². The van der Waals surface area contributed by atoms with Gasteiger partial charge >= 0.3 is 0 Å². The summed E-state index contributed by atoms with van der Waals surface area (Å²) in [7, 11) is -3.49. The third-order valence-electron chi connectivity index (χ3n) is 2.69. The molecule has 1 amide bonds. The van der Waals surface area contributed by atoms with Gasteiger partial charge in [-0.25, -0.2) is 8.42 Å². The first kappa shape index (κ1) is 16.0. The summed E-state index contributed by atoms with van der Waals surface area (Å²) in [6.45, 7) is 0. The van der Waals surface area contributed by atoms with Gasteiger partial charge in [-0.2, -0.15) is 0 Å². The number of amides is 1. The van der Waals surface area contributed by atoms with E-state index in [-0.39, 0.29) is 15.5 Å². The van der Waals surface area contributed by atoms with Gasteiger partial charge in [0.15, 0.2) is 9.84 Å². The maximum Gasteiger partial charge on any atom is 0.255 e. The van der Waals surface area contributed by atoms with Crippen molar-refractivity contribution in [3.63, 3.8) is 0 Å². The van der Waals surface area contributed by atoms with Gasteiger partial charge in [-0.1, -0.05) is 27.5 Å². The Morgan fingerprint density at radius 1 is 1.14 bits per heavy atom. The highest BCUT2D eigenvalue weighted by Crippen LogP contribution is 2.23. The van der Waals surface area contributed by atoms with Gasteiger partial charge in [-0.15, -0.1) is 0 Å². The quantitative estimate of drug-likeness (QED) is 0.871. The van der Waals surface area contributed by atoms with Crippen LogP contribution in [0.4, 0.5) is 5.69 Å². The van der Waals surface area contributed by atoms with Crippen molar-refractivity contribution < 1.29 is 13.2 Å². The first-order valence-electron chi connectivity index (χ1n) is 5.84. The average molecular weight is 389 g/mol. The second-order valence-corrected chi connectivity index (χ2v) is 7.69. The number of hydrogen-bond donors (Lipinski definition) is 1. The average Bonchev–Trinajstić information content (AvgIpc) is 2.40. The Hall–Kier alpha value is -1.37. The lowest BCUT2D eigenvalue weighted by Gasteiger charge is -2.08. The molecule has 0 heterocycles. The Bertz CT molecular complexity index is 788. The molecule has 4 nitrogen and oxygen atoms in total. The summed E-state index contributed by atoms with van der Waals surface area (Å²) in [5, 5.41) is 2.78. The topological polar surface area (TPSA) is 63.2 Å². The van der Waals surface area contributed by atoms with Crippen molar-refractivity contribution in [1.82, 2.24) is 0 Å². The molecule has 0 atom stereocenters. The fourth-order valence-electron chi connectivity index (χ4n) is 1.67. The van der Waals surface area contributed by atoms with Crippen molar-refractivity contribution in [2.75, 3.05) is 11.6 Å². The number of anilines is 1. The van der Waals surface area contributed by atoms with Gasteiger partial charge < -0.3 is 5.32 Å². The summed E-state index contributed by atoms with van der Waals surface area (Å²) in [6, 6.07) is 11.2. The molecule has 0 saturated carbocycles. The maximum atomic E-state index is 12.1. The van der Waals surface area contributed by atoms with Gasteiger partial charge in [0.25, 0.3) is 5.91 Å². The summed E-state index contributed by atoms with van der Waals surface area (Å²) in [5.74, 6) is -0.404. The second-order valence-electron chi connectivity index (χ2n) is 4.38. The Labute approximate surface area is 136 Å². The molecule has 0 spiro atoms. The molecular weight excluding hydrogens is 378 g/mol. The van der Waals surface area contributed by atoms with Crippen LogP contribution in [0.15, 0.2) is 51.8 Å². The van der Waals surface area contributed by atoms with Crippen molar-refractivity contribution in [1.29, 1.82) is 0 Å². The predicted octanol–water partition coefficient (Wildman–Crippen LogP) is 3.76. The Balaban J connectivity index is 2.30. The SMILES string of the molecule is CS(=O)(=O)c1cc(C(=O)Nc2ccc(Br)cc2)ccc1Cl. The molecule has 2 aromatic carbocycles. The van der Waals surface area contributed by atoms with E-state index >= 15 is 0 Å². The molecule has 0 saturated heterocycles. The van der Waals surface area contributed by atoms with E-state index < -0.39 is 15.7 Å². The van der Waals surface area contributed by atoms with Gasteiger partial charge in [0.1, 0.15) is 0 Å². The normalized spacial score (nSPS) is 11.2. The number of nitrogens with one attached hydrogen (secondary N) is 1. The fraction of sp³-hybridized carbons (Fsp3) is 0.0714. The van der Waals surface area contributed by atoms with Gasteiger partial charge in [0.05, 0.1) is 9.92 Å². The van der Waals surface area contributed by atoms with E-state index in [2.05, 4.69) is 21.2 Å². The molecule has 1 N–H and O–H groups in total. The Kier molecular flexibility index (Phi) is 4.70. The number of halogens is 2. The first-order chi connectivity index (χ1) is 9.77. The van der Waals surface area contributed by atoms with E-state index in [1.165, 1.54) is 18.2 Å². The fourth-order valence-corrected chi connectivity index (χ4v) is 3.23. The predicted molar refractivity (Wildman–Crippen MR) is 86.7 cm³/mol. The van der Waals surface area contributed by atoms with Gasteiger partial charge in [0.2, 0.25) is 0 Å². The molecule has 110 valence electrons. The van der Waals surface area contributed by atoms with Crippen LogP contribution in [-0.4, -0.2) is 20.6 Å². The summed E-state index contributed by atoms with van der Waals surface area (Å²) in [5.41, 5.74) is 0.835. The molecule has 0 aliphatic heterocycles. The van der Waals surface area contributed by atoms with Gasteiger partial charge in [-0.05, 0) is 42.5 Å². The summed E-state index contributed by atoms with van der Waals surface area (Å²) in [4.78, 5) is 12.1. The summed E-state index contributed by atoms with van der Waals surface area (Å²) < 4.78 is 24.1. The molecule has 21 heavy (non-hydrogen) atoms. The van der Waals surface area contributed by atoms with Crippen LogP contribution in [0.5, 0.6) is 0 Å². The van der Waals surface area contributed by atoms with Crippen LogP contribution in [0.1, 0.15) is 10.4 Å². The van der Waals surface area contributed by atoms with Crippen LogP contribution in [0, 0.1) is 0 Å². The number of carbonyl (C=O) groups is 1. The smallest absolute Gasteiger partial charge is 0.255 e. The van der Waals surface area contributed by atoms with Crippen molar-refractivity contribution in [2.24, 2.45) is 0 Å². The maximum absolute atomic E-state index is 12.1. The van der Waals surface area contributed by atoms with E-state index in [9.17, 15) is 13.2 Å². The Morgan fingerprint density at radius 3 is 2.33 bits per heavy atom. The highest BCUT2D eigenvalue weighted by molar-refractivity contribution is 9.10. The molecule has 7 heteroatoms. The minimum atomic E-state index is -3.49. The molecular formula is C14H11BrClNO3S. The van der Waals surface area contributed by atoms with Gasteiger partial charge in [-0.3, -0.25) is 4.79 Å². The summed E-state index contributed by atoms with van der Waals surface area (Å²) in [6.07, 6.45) is 1.05. The number of carbonyl (C=O) groups excluding carboxylic acids is 1. The highest BCUT2D eigenvalue weighted by Gasteiger charge is 2.15. The lowest BCUT2D eigenvalue weighted by molar-refractivity contribution is 0.102. The van der Waals surface area contributed by atoms with Crippen LogP contribution >= 0.6 is 27.5 Å². The van der Waals surface area contributed by atoms with Crippen LogP contribution in [0.25, 0.3) is 0 Å². The lowest BCUT2D eigenvalue weighted by Crippen LogP contribution is -2.12. The monoisotopic (exact) mass is 387 g/mol. The van der Waals surface area contributed by atoms with Gasteiger partial charge in [0, 0.05) is 22.0 Å². The zero-order valence-electron chi connectivity index (χ0n) is 10.9. The molecule has 2 rings (SSSR count). The van der Waals surface area contributed by atoms with E-state index in [0.717, 1.165) is 10.7 Å². The second kappa shape index (κ2) is 6.17. The molecule has 0 fully saturated rings. The van der Waals surface area contributed by atoms with Crippen molar-refractivity contribution in [3.8, 4) is 0 Å². The zero-order valence-corrected chi connectivity index (χ0v) is 14.1. The van der Waals surface area contributed by atoms with Crippen LogP contribution in [0.3, 0.4) is 0 Å². The highest BCUT2D eigenvalue weighted by atomic mass is 79.9. The number of rotatable bonds is 3. The van der Waals surface area contributed by atoms with Crippen LogP contribution in [-0.2, 0) is 9.84 Å². The molecule has 2 aromatic rings. The molecule has 0 radical (unpaired) electrons. The number of benzene rings is 2. The van der Waals surface area contributed by atoms with E-state index in [1.807, 2.05) is 0 Å². The molecule has 0 aliphatic carbocycles. The van der Waals surface area contributed by atoms with E-state index in [0.29, 0.717) is 5.69 Å². The third-order valence-corrected chi connectivity index (χ3v) is 4.80. The van der Waals surface area contributed by atoms with Crippen LogP contribution < -0.4 is 5.32 Å². The third kappa shape index (κ3) is 4.06. The first-order valence-corrected chi connectivity index (χ1v) is 8.90. The molecule has 0 aliphatic rings. The summed E-state index contributed by atoms with van der Waals surface area (Å²) >= 11 is 9.15. The van der Waals surface area contributed by atoms with Crippen molar-refractivity contribution in [3.05, 3.63) is 57.5 Å².